The summed E-state index contributed by atoms with van der Waals surface area (Å²) in [4.78, 5) is 32.5. The molecule has 0 radical (unpaired) electrons. The Labute approximate surface area is 162 Å². The molecule has 2 saturated heterocycles. The van der Waals surface area contributed by atoms with Crippen LogP contribution >= 0.6 is 0 Å². The summed E-state index contributed by atoms with van der Waals surface area (Å²) in [5.41, 5.74) is 2.39. The number of amides is 1. The zero-order valence-electron chi connectivity index (χ0n) is 17.1. The van der Waals surface area contributed by atoms with Gasteiger partial charge in [-0.05, 0) is 70.0 Å². The zero-order valence-corrected chi connectivity index (χ0v) is 17.1. The molecule has 0 saturated carbocycles. The molecule has 3 rings (SSSR count). The largest absolute Gasteiger partial charge is 0.465 e. The van der Waals surface area contributed by atoms with E-state index in [4.69, 9.17) is 4.74 Å². The lowest BCUT2D eigenvalue weighted by Gasteiger charge is -2.37. The zero-order chi connectivity index (χ0) is 19.6. The SMILES string of the molecule is COC(=O)c1c(C)[nH]c(C(=O)N2CCC(CN3CCC(C)CC3)CC2)c1C. The molecule has 2 aliphatic rings. The minimum absolute atomic E-state index is 0.00370. The summed E-state index contributed by atoms with van der Waals surface area (Å²) >= 11 is 0. The molecule has 6 heteroatoms. The Morgan fingerprint density at radius 3 is 2.30 bits per heavy atom. The normalized spacial score (nSPS) is 20.1. The van der Waals surface area contributed by atoms with Gasteiger partial charge in [-0.2, -0.15) is 0 Å². The third-order valence-corrected chi connectivity index (χ3v) is 6.34. The maximum Gasteiger partial charge on any atom is 0.339 e. The molecule has 3 heterocycles. The molecular weight excluding hydrogens is 342 g/mol. The summed E-state index contributed by atoms with van der Waals surface area (Å²) in [5.74, 6) is 1.15. The van der Waals surface area contributed by atoms with E-state index in [0.717, 1.165) is 31.8 Å². The Bertz CT molecular complexity index is 681. The van der Waals surface area contributed by atoms with Crippen molar-refractivity contribution in [3.8, 4) is 0 Å². The number of carbonyl (C=O) groups excluding carboxylic acids is 2. The van der Waals surface area contributed by atoms with Crippen molar-refractivity contribution in [3.05, 3.63) is 22.5 Å². The smallest absolute Gasteiger partial charge is 0.339 e. The molecule has 6 nitrogen and oxygen atoms in total. The Morgan fingerprint density at radius 2 is 1.70 bits per heavy atom. The molecule has 2 aliphatic heterocycles. The van der Waals surface area contributed by atoms with Crippen LogP contribution < -0.4 is 0 Å². The first-order valence-corrected chi connectivity index (χ1v) is 10.2. The monoisotopic (exact) mass is 375 g/mol. The van der Waals surface area contributed by atoms with E-state index in [0.29, 0.717) is 28.4 Å². The van der Waals surface area contributed by atoms with Crippen LogP contribution in [0.3, 0.4) is 0 Å². The van der Waals surface area contributed by atoms with Gasteiger partial charge in [0, 0.05) is 25.3 Å². The van der Waals surface area contributed by atoms with E-state index in [-0.39, 0.29) is 5.91 Å². The molecule has 150 valence electrons. The molecule has 0 aliphatic carbocycles. The van der Waals surface area contributed by atoms with Gasteiger partial charge in [-0.1, -0.05) is 6.92 Å². The average Bonchev–Trinajstić information content (AvgIpc) is 2.97. The predicted molar refractivity (Wildman–Crippen MR) is 105 cm³/mol. The van der Waals surface area contributed by atoms with Crippen molar-refractivity contribution < 1.29 is 14.3 Å². The highest BCUT2D eigenvalue weighted by Gasteiger charge is 2.29. The molecule has 0 spiro atoms. The van der Waals surface area contributed by atoms with Gasteiger partial charge in [0.2, 0.25) is 0 Å². The van der Waals surface area contributed by atoms with Gasteiger partial charge in [-0.3, -0.25) is 4.79 Å². The number of aromatic amines is 1. The standard InChI is InChI=1S/C21H33N3O3/c1-14-5-9-23(10-6-14)13-17-7-11-24(12-8-17)20(25)19-15(2)18(16(3)22-19)21(26)27-4/h14,17,22H,5-13H2,1-4H3. The number of piperidine rings is 2. The molecule has 2 fully saturated rings. The number of likely N-dealkylation sites (tertiary alicyclic amines) is 2. The summed E-state index contributed by atoms with van der Waals surface area (Å²) < 4.78 is 4.84. The Morgan fingerprint density at radius 1 is 1.07 bits per heavy atom. The highest BCUT2D eigenvalue weighted by Crippen LogP contribution is 2.25. The fraction of sp³-hybridized carbons (Fsp3) is 0.714. The van der Waals surface area contributed by atoms with Crippen molar-refractivity contribution in [2.75, 3.05) is 39.8 Å². The quantitative estimate of drug-likeness (QED) is 0.822. The van der Waals surface area contributed by atoms with Gasteiger partial charge in [0.1, 0.15) is 5.69 Å². The van der Waals surface area contributed by atoms with Crippen molar-refractivity contribution in [2.24, 2.45) is 11.8 Å². The molecule has 1 amide bonds. The maximum absolute atomic E-state index is 13.0. The van der Waals surface area contributed by atoms with E-state index in [1.807, 2.05) is 18.7 Å². The van der Waals surface area contributed by atoms with E-state index in [9.17, 15) is 9.59 Å². The molecule has 0 atom stereocenters. The van der Waals surface area contributed by atoms with Gasteiger partial charge in [0.05, 0.1) is 12.7 Å². The highest BCUT2D eigenvalue weighted by atomic mass is 16.5. The number of aryl methyl sites for hydroxylation is 1. The number of rotatable bonds is 4. The molecule has 1 N–H and O–H groups in total. The fourth-order valence-electron chi connectivity index (χ4n) is 4.46. The van der Waals surface area contributed by atoms with Crippen LogP contribution in [0.25, 0.3) is 0 Å². The van der Waals surface area contributed by atoms with Gasteiger partial charge < -0.3 is 19.5 Å². The fourth-order valence-corrected chi connectivity index (χ4v) is 4.46. The third kappa shape index (κ3) is 4.37. The maximum atomic E-state index is 13.0. The second kappa shape index (κ2) is 8.46. The molecule has 1 aromatic rings. The number of H-pyrrole nitrogens is 1. The van der Waals surface area contributed by atoms with E-state index >= 15 is 0 Å². The number of esters is 1. The van der Waals surface area contributed by atoms with Gasteiger partial charge >= 0.3 is 5.97 Å². The van der Waals surface area contributed by atoms with Gasteiger partial charge in [-0.25, -0.2) is 4.79 Å². The Balaban J connectivity index is 1.57. The Kier molecular flexibility index (Phi) is 6.25. The lowest BCUT2D eigenvalue weighted by atomic mass is 9.93. The van der Waals surface area contributed by atoms with Crippen LogP contribution in [0, 0.1) is 25.7 Å². The van der Waals surface area contributed by atoms with E-state index < -0.39 is 5.97 Å². The number of aromatic nitrogens is 1. The van der Waals surface area contributed by atoms with Crippen LogP contribution in [0.1, 0.15) is 64.7 Å². The number of hydrogen-bond acceptors (Lipinski definition) is 4. The number of carbonyl (C=O) groups is 2. The number of nitrogens with one attached hydrogen (secondary N) is 1. The summed E-state index contributed by atoms with van der Waals surface area (Å²) in [6, 6.07) is 0. The highest BCUT2D eigenvalue weighted by molar-refractivity contribution is 6.00. The van der Waals surface area contributed by atoms with Gasteiger partial charge in [-0.15, -0.1) is 0 Å². The second-order valence-electron chi connectivity index (χ2n) is 8.34. The topological polar surface area (TPSA) is 65.6 Å². The summed E-state index contributed by atoms with van der Waals surface area (Å²) in [7, 11) is 1.36. The minimum atomic E-state index is -0.394. The van der Waals surface area contributed by atoms with Crippen molar-refractivity contribution in [1.82, 2.24) is 14.8 Å². The number of hydrogen-bond donors (Lipinski definition) is 1. The van der Waals surface area contributed by atoms with Crippen LogP contribution in [0.2, 0.25) is 0 Å². The summed E-state index contributed by atoms with van der Waals surface area (Å²) in [6.45, 7) is 11.2. The van der Waals surface area contributed by atoms with Crippen LogP contribution in [-0.2, 0) is 4.74 Å². The predicted octanol–water partition coefficient (Wildman–Crippen LogP) is 3.00. The number of ether oxygens (including phenoxy) is 1. The third-order valence-electron chi connectivity index (χ3n) is 6.34. The van der Waals surface area contributed by atoms with Crippen molar-refractivity contribution >= 4 is 11.9 Å². The van der Waals surface area contributed by atoms with Crippen LogP contribution in [0.5, 0.6) is 0 Å². The van der Waals surface area contributed by atoms with Crippen LogP contribution in [-0.4, -0.2) is 66.5 Å². The van der Waals surface area contributed by atoms with Crippen molar-refractivity contribution in [2.45, 2.75) is 46.5 Å². The molecule has 1 aromatic heterocycles. The first-order chi connectivity index (χ1) is 12.9. The molecule has 0 bridgehead atoms. The number of nitrogens with zero attached hydrogens (tertiary/aromatic N) is 2. The van der Waals surface area contributed by atoms with Crippen molar-refractivity contribution in [3.63, 3.8) is 0 Å². The number of methoxy groups -OCH3 is 1. The lowest BCUT2D eigenvalue weighted by Crippen LogP contribution is -2.43. The first kappa shape index (κ1) is 19.9. The molecular formula is C21H33N3O3. The summed E-state index contributed by atoms with van der Waals surface area (Å²) in [5, 5.41) is 0. The minimum Gasteiger partial charge on any atom is -0.465 e. The van der Waals surface area contributed by atoms with Gasteiger partial charge in [0.15, 0.2) is 0 Å². The van der Waals surface area contributed by atoms with E-state index in [2.05, 4.69) is 16.8 Å². The van der Waals surface area contributed by atoms with Crippen LogP contribution in [0.4, 0.5) is 0 Å². The van der Waals surface area contributed by atoms with E-state index in [1.54, 1.807) is 0 Å². The second-order valence-corrected chi connectivity index (χ2v) is 8.34. The van der Waals surface area contributed by atoms with Gasteiger partial charge in [0.25, 0.3) is 5.91 Å². The Hall–Kier alpha value is -1.82. The molecule has 0 aromatic carbocycles. The van der Waals surface area contributed by atoms with Crippen LogP contribution in [0.15, 0.2) is 0 Å². The molecule has 27 heavy (non-hydrogen) atoms. The van der Waals surface area contributed by atoms with E-state index in [1.165, 1.54) is 39.6 Å². The average molecular weight is 376 g/mol. The lowest BCUT2D eigenvalue weighted by molar-refractivity contribution is 0.0599. The molecule has 0 unspecified atom stereocenters. The van der Waals surface area contributed by atoms with Crippen molar-refractivity contribution in [1.29, 1.82) is 0 Å². The first-order valence-electron chi connectivity index (χ1n) is 10.2. The summed E-state index contributed by atoms with van der Waals surface area (Å²) in [6.07, 6.45) is 4.73.